The first-order valence-corrected chi connectivity index (χ1v) is 13.0. The Morgan fingerprint density at radius 2 is 1.58 bits per heavy atom. The van der Waals surface area contributed by atoms with E-state index in [1.165, 1.54) is 36.7 Å². The molecule has 0 fully saturated rings. The molecule has 0 aliphatic heterocycles. The maximum Gasteiger partial charge on any atom is 0.264 e. The number of aryl methyl sites for hydroxylation is 1. The van der Waals surface area contributed by atoms with E-state index in [1.54, 1.807) is 25.1 Å². The number of hydrogen-bond acceptors (Lipinski definition) is 7. The molecule has 1 aromatic heterocycles. The molecule has 0 aliphatic rings. The molecule has 0 bridgehead atoms. The van der Waals surface area contributed by atoms with Crippen LogP contribution >= 0.6 is 0 Å². The molecule has 3 aromatic rings. The molecule has 0 spiro atoms. The quantitative estimate of drug-likeness (QED) is 0.495. The zero-order valence-electron chi connectivity index (χ0n) is 18.2. The molecule has 2 aromatic carbocycles. The number of sulfonamides is 2. The Hall–Kier alpha value is -3.51. The Balaban J connectivity index is 1.74. The summed E-state index contributed by atoms with van der Waals surface area (Å²) in [5.74, 6) is -0.644. The fourth-order valence-corrected chi connectivity index (χ4v) is 4.83. The number of amides is 1. The maximum absolute atomic E-state index is 12.6. The normalized spacial score (nSPS) is 11.6. The molecule has 174 valence electrons. The van der Waals surface area contributed by atoms with Crippen LogP contribution in [0.2, 0.25) is 0 Å². The fourth-order valence-electron chi connectivity index (χ4n) is 2.97. The van der Waals surface area contributed by atoms with Crippen LogP contribution in [0.4, 0.5) is 17.3 Å². The Bertz CT molecular complexity index is 1360. The summed E-state index contributed by atoms with van der Waals surface area (Å²) >= 11 is 0. The summed E-state index contributed by atoms with van der Waals surface area (Å²) in [7, 11) is -7.64. The minimum atomic E-state index is -3.92. The number of aromatic nitrogens is 2. The number of rotatable bonds is 8. The third-order valence-electron chi connectivity index (χ3n) is 4.77. The minimum Gasteiger partial charge on any atom is -0.325 e. The van der Waals surface area contributed by atoms with Crippen molar-refractivity contribution in [1.29, 1.82) is 0 Å². The van der Waals surface area contributed by atoms with Gasteiger partial charge in [-0.1, -0.05) is 12.1 Å². The highest BCUT2D eigenvalue weighted by molar-refractivity contribution is 7.92. The summed E-state index contributed by atoms with van der Waals surface area (Å²) in [6, 6.07) is 12.2. The van der Waals surface area contributed by atoms with Crippen LogP contribution < -0.4 is 14.3 Å². The molecule has 2 N–H and O–H groups in total. The summed E-state index contributed by atoms with van der Waals surface area (Å²) in [4.78, 5) is 20.2. The molecule has 0 aliphatic carbocycles. The van der Waals surface area contributed by atoms with Gasteiger partial charge in [-0.3, -0.25) is 9.10 Å². The van der Waals surface area contributed by atoms with Gasteiger partial charge in [-0.25, -0.2) is 31.5 Å². The molecule has 0 saturated heterocycles. The van der Waals surface area contributed by atoms with E-state index >= 15 is 0 Å². The summed E-state index contributed by atoms with van der Waals surface area (Å²) < 4.78 is 52.9. The van der Waals surface area contributed by atoms with Gasteiger partial charge in [-0.15, -0.1) is 0 Å². The summed E-state index contributed by atoms with van der Waals surface area (Å²) in [5.41, 5.74) is 2.38. The second-order valence-electron chi connectivity index (χ2n) is 7.24. The number of nitrogens with zero attached hydrogens (tertiary/aromatic N) is 3. The largest absolute Gasteiger partial charge is 0.325 e. The van der Waals surface area contributed by atoms with Crippen molar-refractivity contribution in [2.24, 2.45) is 0 Å². The SMILES string of the molecule is Cc1cccc(N(CC(=O)Nc2ccc(S(=O)(=O)Nc3ncccn3)cc2)S(C)(=O)=O)c1C. The van der Waals surface area contributed by atoms with Crippen molar-refractivity contribution in [2.75, 3.05) is 27.1 Å². The number of carbonyl (C=O) groups excluding carboxylic acids is 1. The van der Waals surface area contributed by atoms with Gasteiger partial charge in [0.2, 0.25) is 21.9 Å². The second kappa shape index (κ2) is 9.55. The van der Waals surface area contributed by atoms with Crippen molar-refractivity contribution in [1.82, 2.24) is 9.97 Å². The Labute approximate surface area is 192 Å². The average molecular weight is 490 g/mol. The molecule has 10 nitrogen and oxygen atoms in total. The van der Waals surface area contributed by atoms with Crippen molar-refractivity contribution < 1.29 is 21.6 Å². The van der Waals surface area contributed by atoms with Gasteiger partial charge < -0.3 is 5.32 Å². The van der Waals surface area contributed by atoms with Crippen LogP contribution in [-0.4, -0.2) is 45.5 Å². The lowest BCUT2D eigenvalue weighted by Gasteiger charge is -2.24. The highest BCUT2D eigenvalue weighted by Crippen LogP contribution is 2.25. The molecule has 0 saturated carbocycles. The Morgan fingerprint density at radius 1 is 0.939 bits per heavy atom. The Morgan fingerprint density at radius 3 is 2.18 bits per heavy atom. The Kier molecular flexibility index (Phi) is 6.98. The second-order valence-corrected chi connectivity index (χ2v) is 10.8. The molecular formula is C21H23N5O5S2. The highest BCUT2D eigenvalue weighted by Gasteiger charge is 2.23. The van der Waals surface area contributed by atoms with E-state index in [0.717, 1.165) is 21.7 Å². The standard InChI is InChI=1S/C21H23N5O5S2/c1-15-6-4-7-19(16(15)2)26(32(3,28)29)14-20(27)24-17-8-10-18(11-9-17)33(30,31)25-21-22-12-5-13-23-21/h4-13H,14H2,1-3H3,(H,24,27)(H,22,23,25). The zero-order valence-corrected chi connectivity index (χ0v) is 19.8. The first-order chi connectivity index (χ1) is 15.5. The van der Waals surface area contributed by atoms with Gasteiger partial charge in [0.15, 0.2) is 0 Å². The molecule has 3 rings (SSSR count). The van der Waals surface area contributed by atoms with E-state index < -0.39 is 32.5 Å². The molecule has 33 heavy (non-hydrogen) atoms. The smallest absolute Gasteiger partial charge is 0.264 e. The third kappa shape index (κ3) is 6.05. The van der Waals surface area contributed by atoms with Gasteiger partial charge in [-0.05, 0) is 61.4 Å². The average Bonchev–Trinajstić information content (AvgIpc) is 2.74. The lowest BCUT2D eigenvalue weighted by atomic mass is 10.1. The lowest BCUT2D eigenvalue weighted by Crippen LogP contribution is -2.38. The van der Waals surface area contributed by atoms with Crippen LogP contribution in [-0.2, 0) is 24.8 Å². The molecule has 12 heteroatoms. The van der Waals surface area contributed by atoms with Crippen molar-refractivity contribution in [3.63, 3.8) is 0 Å². The topological polar surface area (TPSA) is 138 Å². The fraction of sp³-hybridized carbons (Fsp3) is 0.190. The molecule has 0 atom stereocenters. The zero-order chi connectivity index (χ0) is 24.2. The van der Waals surface area contributed by atoms with Gasteiger partial charge in [0.05, 0.1) is 16.8 Å². The van der Waals surface area contributed by atoms with Crippen LogP contribution in [0.1, 0.15) is 11.1 Å². The first-order valence-electron chi connectivity index (χ1n) is 9.71. The van der Waals surface area contributed by atoms with Crippen LogP contribution in [0, 0.1) is 13.8 Å². The van der Waals surface area contributed by atoms with E-state index in [4.69, 9.17) is 0 Å². The minimum absolute atomic E-state index is 0.0545. The van der Waals surface area contributed by atoms with Crippen LogP contribution in [0.15, 0.2) is 65.8 Å². The van der Waals surface area contributed by atoms with E-state index in [2.05, 4.69) is 20.0 Å². The summed E-state index contributed by atoms with van der Waals surface area (Å²) in [6.07, 6.45) is 3.84. The lowest BCUT2D eigenvalue weighted by molar-refractivity contribution is -0.114. The first kappa shape index (κ1) is 24.1. The molecule has 0 unspecified atom stereocenters. The van der Waals surface area contributed by atoms with Gasteiger partial charge >= 0.3 is 0 Å². The number of hydrogen-bond donors (Lipinski definition) is 2. The summed E-state index contributed by atoms with van der Waals surface area (Å²) in [5, 5.41) is 2.59. The van der Waals surface area contributed by atoms with Crippen LogP contribution in [0.3, 0.4) is 0 Å². The van der Waals surface area contributed by atoms with Crippen molar-refractivity contribution in [3.8, 4) is 0 Å². The molecule has 0 radical (unpaired) electrons. The van der Waals surface area contributed by atoms with Crippen molar-refractivity contribution in [3.05, 3.63) is 72.1 Å². The van der Waals surface area contributed by atoms with Gasteiger partial charge in [0.1, 0.15) is 6.54 Å². The highest BCUT2D eigenvalue weighted by atomic mass is 32.2. The molecular weight excluding hydrogens is 466 g/mol. The van der Waals surface area contributed by atoms with Crippen LogP contribution in [0.25, 0.3) is 0 Å². The number of carbonyl (C=O) groups is 1. The van der Waals surface area contributed by atoms with E-state index in [9.17, 15) is 21.6 Å². The molecule has 1 heterocycles. The van der Waals surface area contributed by atoms with Crippen LogP contribution in [0.5, 0.6) is 0 Å². The van der Waals surface area contributed by atoms with Crippen molar-refractivity contribution >= 4 is 43.3 Å². The van der Waals surface area contributed by atoms with Gasteiger partial charge in [0.25, 0.3) is 10.0 Å². The summed E-state index contributed by atoms with van der Waals surface area (Å²) in [6.45, 7) is 3.21. The number of benzene rings is 2. The van der Waals surface area contributed by atoms with E-state index in [-0.39, 0.29) is 10.8 Å². The van der Waals surface area contributed by atoms with E-state index in [0.29, 0.717) is 11.4 Å². The van der Waals surface area contributed by atoms with Crippen molar-refractivity contribution in [2.45, 2.75) is 18.7 Å². The van der Waals surface area contributed by atoms with E-state index in [1.807, 2.05) is 13.0 Å². The van der Waals surface area contributed by atoms with Gasteiger partial charge in [0, 0.05) is 18.1 Å². The number of anilines is 3. The van der Waals surface area contributed by atoms with Gasteiger partial charge in [-0.2, -0.15) is 0 Å². The maximum atomic E-state index is 12.6. The predicted molar refractivity (Wildman–Crippen MR) is 126 cm³/mol. The monoisotopic (exact) mass is 489 g/mol. The third-order valence-corrected chi connectivity index (χ3v) is 7.24. The molecule has 1 amide bonds. The predicted octanol–water partition coefficient (Wildman–Crippen LogP) is 2.30. The number of nitrogens with one attached hydrogen (secondary N) is 2.